The Bertz CT molecular complexity index is 354. The van der Waals surface area contributed by atoms with Crippen LogP contribution in [0.25, 0.3) is 0 Å². The monoisotopic (exact) mass is 332 g/mol. The molecule has 0 heterocycles. The molecule has 1 rings (SSSR count). The molecular formula is C15H22BrClO. The third-order valence-corrected chi connectivity index (χ3v) is 4.04. The van der Waals surface area contributed by atoms with Crippen molar-refractivity contribution in [2.75, 3.05) is 7.11 Å². The van der Waals surface area contributed by atoms with Gasteiger partial charge >= 0.3 is 0 Å². The molecule has 0 spiro atoms. The van der Waals surface area contributed by atoms with Crippen LogP contribution >= 0.6 is 27.5 Å². The summed E-state index contributed by atoms with van der Waals surface area (Å²) >= 11 is 9.96. The van der Waals surface area contributed by atoms with Gasteiger partial charge in [0.2, 0.25) is 0 Å². The van der Waals surface area contributed by atoms with E-state index in [-0.39, 0.29) is 5.38 Å². The van der Waals surface area contributed by atoms with E-state index in [2.05, 4.69) is 28.9 Å². The molecule has 0 saturated carbocycles. The van der Waals surface area contributed by atoms with Crippen LogP contribution in [0.15, 0.2) is 22.7 Å². The topological polar surface area (TPSA) is 9.23 Å². The minimum Gasteiger partial charge on any atom is -0.496 e. The standard InChI is InChI=1S/C15H22BrClO/c1-3-4-5-6-7-8-14(17)13-11-12(16)9-10-15(13)18-2/h9-11,14H,3-8H2,1-2H3. The second kappa shape index (κ2) is 8.82. The highest BCUT2D eigenvalue weighted by atomic mass is 79.9. The van der Waals surface area contributed by atoms with Gasteiger partial charge in [0.15, 0.2) is 0 Å². The number of alkyl halides is 1. The summed E-state index contributed by atoms with van der Waals surface area (Å²) in [7, 11) is 1.69. The predicted molar refractivity (Wildman–Crippen MR) is 82.7 cm³/mol. The molecule has 0 saturated heterocycles. The van der Waals surface area contributed by atoms with Crippen LogP contribution in [0.1, 0.15) is 56.4 Å². The van der Waals surface area contributed by atoms with Crippen LogP contribution < -0.4 is 4.74 Å². The van der Waals surface area contributed by atoms with Crippen molar-refractivity contribution in [3.8, 4) is 5.75 Å². The zero-order valence-electron chi connectivity index (χ0n) is 11.2. The van der Waals surface area contributed by atoms with Gasteiger partial charge in [0.1, 0.15) is 5.75 Å². The van der Waals surface area contributed by atoms with Gasteiger partial charge in [0.05, 0.1) is 12.5 Å². The summed E-state index contributed by atoms with van der Waals surface area (Å²) in [4.78, 5) is 0. The first-order valence-electron chi connectivity index (χ1n) is 6.66. The molecule has 0 aromatic heterocycles. The van der Waals surface area contributed by atoms with Crippen LogP contribution in [0.4, 0.5) is 0 Å². The number of benzene rings is 1. The molecule has 0 aliphatic rings. The Hall–Kier alpha value is -0.210. The lowest BCUT2D eigenvalue weighted by Crippen LogP contribution is -1.96. The molecule has 18 heavy (non-hydrogen) atoms. The van der Waals surface area contributed by atoms with E-state index in [1.54, 1.807) is 7.11 Å². The normalized spacial score (nSPS) is 12.4. The van der Waals surface area contributed by atoms with Gasteiger partial charge < -0.3 is 4.74 Å². The Morgan fingerprint density at radius 3 is 2.61 bits per heavy atom. The number of methoxy groups -OCH3 is 1. The largest absolute Gasteiger partial charge is 0.496 e. The highest BCUT2D eigenvalue weighted by molar-refractivity contribution is 9.10. The molecule has 0 aliphatic carbocycles. The van der Waals surface area contributed by atoms with Crippen LogP contribution in [-0.4, -0.2) is 7.11 Å². The Kier molecular flexibility index (Phi) is 7.76. The van der Waals surface area contributed by atoms with Crippen molar-refractivity contribution in [1.82, 2.24) is 0 Å². The van der Waals surface area contributed by atoms with Gasteiger partial charge in [-0.1, -0.05) is 55.0 Å². The third kappa shape index (κ3) is 5.19. The van der Waals surface area contributed by atoms with Crippen molar-refractivity contribution in [2.24, 2.45) is 0 Å². The molecule has 0 radical (unpaired) electrons. The molecule has 102 valence electrons. The first-order chi connectivity index (χ1) is 8.69. The summed E-state index contributed by atoms with van der Waals surface area (Å²) in [5.41, 5.74) is 1.09. The van der Waals surface area contributed by atoms with E-state index < -0.39 is 0 Å². The lowest BCUT2D eigenvalue weighted by atomic mass is 10.0. The molecule has 1 nitrogen and oxygen atoms in total. The number of halogens is 2. The lowest BCUT2D eigenvalue weighted by Gasteiger charge is -2.14. The Morgan fingerprint density at radius 2 is 1.94 bits per heavy atom. The molecule has 1 aromatic carbocycles. The molecule has 0 N–H and O–H groups in total. The van der Waals surface area contributed by atoms with Gasteiger partial charge in [-0.2, -0.15) is 0 Å². The molecule has 0 amide bonds. The average molecular weight is 334 g/mol. The summed E-state index contributed by atoms with van der Waals surface area (Å²) < 4.78 is 6.41. The lowest BCUT2D eigenvalue weighted by molar-refractivity contribution is 0.408. The number of rotatable bonds is 8. The van der Waals surface area contributed by atoms with Gasteiger partial charge in [-0.15, -0.1) is 11.6 Å². The van der Waals surface area contributed by atoms with E-state index in [0.717, 1.165) is 22.2 Å². The summed E-state index contributed by atoms with van der Waals surface area (Å²) in [6.07, 6.45) is 7.39. The van der Waals surface area contributed by atoms with Crippen LogP contribution in [0.2, 0.25) is 0 Å². The Balaban J connectivity index is 2.49. The molecule has 1 atom stereocenters. The molecule has 0 bridgehead atoms. The molecular weight excluding hydrogens is 312 g/mol. The number of hydrogen-bond donors (Lipinski definition) is 0. The maximum absolute atomic E-state index is 6.47. The smallest absolute Gasteiger partial charge is 0.123 e. The van der Waals surface area contributed by atoms with Crippen molar-refractivity contribution in [3.63, 3.8) is 0 Å². The van der Waals surface area contributed by atoms with E-state index in [9.17, 15) is 0 Å². The maximum atomic E-state index is 6.47. The first-order valence-corrected chi connectivity index (χ1v) is 7.89. The second-order valence-corrected chi connectivity index (χ2v) is 6.00. The van der Waals surface area contributed by atoms with Crippen molar-refractivity contribution < 1.29 is 4.74 Å². The van der Waals surface area contributed by atoms with Crippen LogP contribution in [0, 0.1) is 0 Å². The average Bonchev–Trinajstić information content (AvgIpc) is 2.38. The van der Waals surface area contributed by atoms with Gasteiger partial charge in [-0.3, -0.25) is 0 Å². The van der Waals surface area contributed by atoms with Gasteiger partial charge in [0, 0.05) is 10.0 Å². The fraction of sp³-hybridized carbons (Fsp3) is 0.600. The summed E-state index contributed by atoms with van der Waals surface area (Å²) in [6, 6.07) is 6.00. The number of hydrogen-bond acceptors (Lipinski definition) is 1. The molecule has 1 unspecified atom stereocenters. The van der Waals surface area contributed by atoms with Crippen LogP contribution in [0.3, 0.4) is 0 Å². The molecule has 1 aromatic rings. The summed E-state index contributed by atoms with van der Waals surface area (Å²) in [5, 5.41) is 0.0408. The Labute approximate surface area is 124 Å². The highest BCUT2D eigenvalue weighted by Gasteiger charge is 2.13. The molecule has 0 aliphatic heterocycles. The van der Waals surface area contributed by atoms with E-state index >= 15 is 0 Å². The van der Waals surface area contributed by atoms with Crippen molar-refractivity contribution in [2.45, 2.75) is 50.8 Å². The highest BCUT2D eigenvalue weighted by Crippen LogP contribution is 2.35. The minimum atomic E-state index is 0.0408. The van der Waals surface area contributed by atoms with Gasteiger partial charge in [-0.05, 0) is 24.6 Å². The zero-order chi connectivity index (χ0) is 13.4. The zero-order valence-corrected chi connectivity index (χ0v) is 13.6. The van der Waals surface area contributed by atoms with Crippen molar-refractivity contribution >= 4 is 27.5 Å². The van der Waals surface area contributed by atoms with E-state index in [4.69, 9.17) is 16.3 Å². The maximum Gasteiger partial charge on any atom is 0.123 e. The molecule has 3 heteroatoms. The van der Waals surface area contributed by atoms with E-state index in [0.29, 0.717) is 0 Å². The number of unbranched alkanes of at least 4 members (excludes halogenated alkanes) is 4. The Morgan fingerprint density at radius 1 is 1.22 bits per heavy atom. The fourth-order valence-electron chi connectivity index (χ4n) is 2.03. The SMILES string of the molecule is CCCCCCCC(Cl)c1cc(Br)ccc1OC. The molecule has 0 fully saturated rings. The third-order valence-electron chi connectivity index (χ3n) is 3.09. The summed E-state index contributed by atoms with van der Waals surface area (Å²) in [6.45, 7) is 2.23. The van der Waals surface area contributed by atoms with E-state index in [1.165, 1.54) is 32.1 Å². The van der Waals surface area contributed by atoms with E-state index in [1.807, 2.05) is 12.1 Å². The first kappa shape index (κ1) is 15.8. The van der Waals surface area contributed by atoms with Crippen LogP contribution in [-0.2, 0) is 0 Å². The summed E-state index contributed by atoms with van der Waals surface area (Å²) in [5.74, 6) is 0.881. The van der Waals surface area contributed by atoms with Gasteiger partial charge in [0.25, 0.3) is 0 Å². The second-order valence-electron chi connectivity index (χ2n) is 4.56. The van der Waals surface area contributed by atoms with Gasteiger partial charge in [-0.25, -0.2) is 0 Å². The van der Waals surface area contributed by atoms with Crippen molar-refractivity contribution in [3.05, 3.63) is 28.2 Å². The number of ether oxygens (including phenoxy) is 1. The minimum absolute atomic E-state index is 0.0408. The quantitative estimate of drug-likeness (QED) is 0.412. The van der Waals surface area contributed by atoms with Crippen molar-refractivity contribution in [1.29, 1.82) is 0 Å². The fourth-order valence-corrected chi connectivity index (χ4v) is 2.74. The van der Waals surface area contributed by atoms with Crippen LogP contribution in [0.5, 0.6) is 5.75 Å². The predicted octanol–water partition coefficient (Wildman–Crippen LogP) is 6.10.